The van der Waals surface area contributed by atoms with Crippen LogP contribution >= 0.6 is 0 Å². The molecule has 0 atom stereocenters. The molecule has 26 heavy (non-hydrogen) atoms. The molecule has 3 rings (SSSR count). The summed E-state index contributed by atoms with van der Waals surface area (Å²) in [6, 6.07) is 16.2. The van der Waals surface area contributed by atoms with Gasteiger partial charge < -0.3 is 15.8 Å². The minimum Gasteiger partial charge on any atom is -0.497 e. The number of nitrogens with two attached hydrogens (primary N) is 1. The topological polar surface area (TPSA) is 73.1 Å². The third kappa shape index (κ3) is 4.11. The third-order valence-corrected chi connectivity index (χ3v) is 4.50. The molecule has 3 N–H and O–H groups in total. The van der Waals surface area contributed by atoms with Crippen LogP contribution in [-0.4, -0.2) is 23.6 Å². The molecule has 0 saturated carbocycles. The maximum Gasteiger partial charge on any atom is 0.222 e. The van der Waals surface area contributed by atoms with Gasteiger partial charge in [-0.2, -0.15) is 4.98 Å². The molecule has 0 radical (unpaired) electrons. The van der Waals surface area contributed by atoms with Gasteiger partial charge >= 0.3 is 0 Å². The predicted molar refractivity (Wildman–Crippen MR) is 107 cm³/mol. The Morgan fingerprint density at radius 3 is 2.54 bits per heavy atom. The first-order valence-corrected chi connectivity index (χ1v) is 8.65. The van der Waals surface area contributed by atoms with Crippen LogP contribution in [0.5, 0.6) is 5.75 Å². The summed E-state index contributed by atoms with van der Waals surface area (Å²) < 4.78 is 5.18. The number of nitrogens with zero attached hydrogens (tertiary/aromatic N) is 2. The first-order chi connectivity index (χ1) is 12.6. The van der Waals surface area contributed by atoms with Gasteiger partial charge in [0.1, 0.15) is 11.6 Å². The maximum absolute atomic E-state index is 5.92. The first-order valence-electron chi connectivity index (χ1n) is 8.65. The van der Waals surface area contributed by atoms with Gasteiger partial charge in [0, 0.05) is 18.2 Å². The number of nitrogens with one attached hydrogen (secondary N) is 1. The van der Waals surface area contributed by atoms with Gasteiger partial charge in [-0.15, -0.1) is 0 Å². The lowest BCUT2D eigenvalue weighted by Crippen LogP contribution is -2.08. The molecular formula is C21H24N4O. The highest BCUT2D eigenvalue weighted by molar-refractivity contribution is 5.68. The Hall–Kier alpha value is -3.08. The molecular weight excluding hydrogens is 324 g/mol. The van der Waals surface area contributed by atoms with E-state index in [2.05, 4.69) is 53.4 Å². The van der Waals surface area contributed by atoms with E-state index in [1.165, 1.54) is 16.7 Å². The first kappa shape index (κ1) is 17.7. The molecule has 2 aromatic carbocycles. The fraction of sp³-hybridized carbons (Fsp3) is 0.238. The van der Waals surface area contributed by atoms with E-state index >= 15 is 0 Å². The number of nitrogen functional groups attached to an aromatic ring is 1. The van der Waals surface area contributed by atoms with Gasteiger partial charge in [-0.1, -0.05) is 30.3 Å². The lowest BCUT2D eigenvalue weighted by molar-refractivity contribution is 0.414. The highest BCUT2D eigenvalue weighted by Crippen LogP contribution is 2.26. The fourth-order valence-corrected chi connectivity index (χ4v) is 2.85. The summed E-state index contributed by atoms with van der Waals surface area (Å²) in [6.07, 6.45) is 0.882. The highest BCUT2D eigenvalue weighted by Gasteiger charge is 2.08. The summed E-state index contributed by atoms with van der Waals surface area (Å²) in [6.45, 7) is 4.95. The van der Waals surface area contributed by atoms with Crippen LogP contribution in [0.15, 0.2) is 48.5 Å². The van der Waals surface area contributed by atoms with E-state index in [0.29, 0.717) is 0 Å². The second-order valence-electron chi connectivity index (χ2n) is 6.27. The molecule has 1 heterocycles. The molecule has 0 spiro atoms. The van der Waals surface area contributed by atoms with Gasteiger partial charge in [-0.25, -0.2) is 4.98 Å². The normalized spacial score (nSPS) is 10.6. The molecule has 0 saturated heterocycles. The molecule has 0 unspecified atom stereocenters. The van der Waals surface area contributed by atoms with E-state index in [-0.39, 0.29) is 5.95 Å². The Morgan fingerprint density at radius 1 is 1.04 bits per heavy atom. The summed E-state index contributed by atoms with van der Waals surface area (Å²) in [7, 11) is 1.67. The van der Waals surface area contributed by atoms with Gasteiger partial charge in [-0.05, 0) is 49.1 Å². The molecule has 1 aromatic heterocycles. The zero-order valence-corrected chi connectivity index (χ0v) is 15.4. The average Bonchev–Trinajstić information content (AvgIpc) is 2.64. The van der Waals surface area contributed by atoms with Crippen LogP contribution in [0.3, 0.4) is 0 Å². The summed E-state index contributed by atoms with van der Waals surface area (Å²) in [5, 5.41) is 3.34. The SMILES string of the molecule is COc1ccc(CCNc2cc(-c3cccc(C)c3C)nc(N)n2)cc1. The summed E-state index contributed by atoms with van der Waals surface area (Å²) in [4.78, 5) is 8.71. The molecule has 0 aliphatic heterocycles. The van der Waals surface area contributed by atoms with E-state index in [9.17, 15) is 0 Å². The van der Waals surface area contributed by atoms with Crippen molar-refractivity contribution in [3.63, 3.8) is 0 Å². The van der Waals surface area contributed by atoms with Crippen LogP contribution in [-0.2, 0) is 6.42 Å². The van der Waals surface area contributed by atoms with Crippen molar-refractivity contribution in [3.8, 4) is 17.0 Å². The van der Waals surface area contributed by atoms with E-state index in [1.54, 1.807) is 7.11 Å². The molecule has 5 nitrogen and oxygen atoms in total. The number of rotatable bonds is 6. The second kappa shape index (κ2) is 7.87. The lowest BCUT2D eigenvalue weighted by Gasteiger charge is -2.11. The summed E-state index contributed by atoms with van der Waals surface area (Å²) >= 11 is 0. The average molecular weight is 348 g/mol. The van der Waals surface area contributed by atoms with Crippen LogP contribution in [0.25, 0.3) is 11.3 Å². The number of anilines is 2. The predicted octanol–water partition coefficient (Wildman–Crippen LogP) is 4.01. The van der Waals surface area contributed by atoms with Crippen LogP contribution in [0.4, 0.5) is 11.8 Å². The Kier molecular flexibility index (Phi) is 5.37. The molecule has 0 amide bonds. The molecule has 5 heteroatoms. The van der Waals surface area contributed by atoms with E-state index < -0.39 is 0 Å². The van der Waals surface area contributed by atoms with Crippen molar-refractivity contribution >= 4 is 11.8 Å². The molecule has 0 aliphatic carbocycles. The van der Waals surface area contributed by atoms with E-state index in [1.807, 2.05) is 24.3 Å². The van der Waals surface area contributed by atoms with Crippen molar-refractivity contribution in [1.29, 1.82) is 0 Å². The van der Waals surface area contributed by atoms with Crippen LogP contribution < -0.4 is 15.8 Å². The molecule has 134 valence electrons. The van der Waals surface area contributed by atoms with Crippen molar-refractivity contribution in [2.45, 2.75) is 20.3 Å². The number of ether oxygens (including phenoxy) is 1. The van der Waals surface area contributed by atoms with Gasteiger partial charge in [0.25, 0.3) is 0 Å². The fourth-order valence-electron chi connectivity index (χ4n) is 2.85. The lowest BCUT2D eigenvalue weighted by atomic mass is 10.0. The van der Waals surface area contributed by atoms with Crippen molar-refractivity contribution in [3.05, 3.63) is 65.2 Å². The number of hydrogen-bond acceptors (Lipinski definition) is 5. The molecule has 3 aromatic rings. The van der Waals surface area contributed by atoms with E-state index in [0.717, 1.165) is 35.8 Å². The van der Waals surface area contributed by atoms with Crippen molar-refractivity contribution in [2.75, 3.05) is 24.7 Å². The number of benzene rings is 2. The van der Waals surface area contributed by atoms with E-state index in [4.69, 9.17) is 10.5 Å². The van der Waals surface area contributed by atoms with Crippen molar-refractivity contribution < 1.29 is 4.74 Å². The van der Waals surface area contributed by atoms with Gasteiger partial charge in [0.2, 0.25) is 5.95 Å². The minimum atomic E-state index is 0.273. The van der Waals surface area contributed by atoms with Crippen LogP contribution in [0.1, 0.15) is 16.7 Å². The largest absolute Gasteiger partial charge is 0.497 e. The minimum absolute atomic E-state index is 0.273. The third-order valence-electron chi connectivity index (χ3n) is 4.50. The summed E-state index contributed by atoms with van der Waals surface area (Å²) in [5.74, 6) is 1.88. The Labute approximate surface area is 154 Å². The van der Waals surface area contributed by atoms with Crippen molar-refractivity contribution in [2.24, 2.45) is 0 Å². The van der Waals surface area contributed by atoms with Crippen LogP contribution in [0, 0.1) is 13.8 Å². The van der Waals surface area contributed by atoms with Gasteiger partial charge in [-0.3, -0.25) is 0 Å². The Balaban J connectivity index is 1.72. The smallest absolute Gasteiger partial charge is 0.222 e. The number of aromatic nitrogens is 2. The monoisotopic (exact) mass is 348 g/mol. The summed E-state index contributed by atoms with van der Waals surface area (Å²) in [5.41, 5.74) is 11.5. The number of hydrogen-bond donors (Lipinski definition) is 2. The molecule has 0 bridgehead atoms. The standard InChI is InChI=1S/C21H24N4O/c1-14-5-4-6-18(15(14)2)19-13-20(25-21(22)24-19)23-12-11-16-7-9-17(26-3)10-8-16/h4-10,13H,11-12H2,1-3H3,(H3,22,23,24,25). The maximum atomic E-state index is 5.92. The van der Waals surface area contributed by atoms with Crippen LogP contribution in [0.2, 0.25) is 0 Å². The zero-order chi connectivity index (χ0) is 18.5. The Bertz CT molecular complexity index is 891. The van der Waals surface area contributed by atoms with Gasteiger partial charge in [0.05, 0.1) is 12.8 Å². The van der Waals surface area contributed by atoms with Gasteiger partial charge in [0.15, 0.2) is 0 Å². The molecule has 0 fully saturated rings. The Morgan fingerprint density at radius 2 is 1.81 bits per heavy atom. The second-order valence-corrected chi connectivity index (χ2v) is 6.27. The highest BCUT2D eigenvalue weighted by atomic mass is 16.5. The van der Waals surface area contributed by atoms with Crippen molar-refractivity contribution in [1.82, 2.24) is 9.97 Å². The number of methoxy groups -OCH3 is 1. The molecule has 0 aliphatic rings. The zero-order valence-electron chi connectivity index (χ0n) is 15.4. The quantitative estimate of drug-likeness (QED) is 0.704. The number of aryl methyl sites for hydroxylation is 1.